The van der Waals surface area contributed by atoms with Gasteiger partial charge in [0.1, 0.15) is 11.6 Å². The molecule has 2 aromatic rings. The van der Waals surface area contributed by atoms with Gasteiger partial charge in [-0.05, 0) is 52.7 Å². The van der Waals surface area contributed by atoms with Crippen molar-refractivity contribution < 1.29 is 9.50 Å². The largest absolute Gasteiger partial charge is 0.506 e. The number of halogens is 2. The Morgan fingerprint density at radius 1 is 1.39 bits per heavy atom. The first-order chi connectivity index (χ1) is 8.56. The Kier molecular flexibility index (Phi) is 3.81. The summed E-state index contributed by atoms with van der Waals surface area (Å²) in [6.45, 7) is 2.37. The molecule has 0 aliphatic rings. The number of aromatic nitrogens is 1. The second kappa shape index (κ2) is 5.35. The molecule has 0 saturated heterocycles. The highest BCUT2D eigenvalue weighted by atomic mass is 79.9. The molecule has 18 heavy (non-hydrogen) atoms. The first-order valence-corrected chi connectivity index (χ1v) is 6.19. The highest BCUT2D eigenvalue weighted by Gasteiger charge is 2.05. The van der Waals surface area contributed by atoms with E-state index in [-0.39, 0.29) is 11.6 Å². The Morgan fingerprint density at radius 2 is 2.17 bits per heavy atom. The van der Waals surface area contributed by atoms with Gasteiger partial charge in [0.05, 0.1) is 22.9 Å². The molecule has 0 unspecified atom stereocenters. The molecular weight excluding hydrogens is 299 g/mol. The molecule has 5 heteroatoms. The summed E-state index contributed by atoms with van der Waals surface area (Å²) in [6.07, 6.45) is 1.38. The van der Waals surface area contributed by atoms with Crippen molar-refractivity contribution in [1.82, 2.24) is 4.98 Å². The van der Waals surface area contributed by atoms with E-state index in [1.807, 2.05) is 6.92 Å². The third-order valence-electron chi connectivity index (χ3n) is 2.54. The molecule has 0 saturated carbocycles. The molecule has 0 atom stereocenters. The zero-order valence-corrected chi connectivity index (χ0v) is 11.3. The molecule has 2 rings (SSSR count). The van der Waals surface area contributed by atoms with E-state index in [1.165, 1.54) is 12.3 Å². The van der Waals surface area contributed by atoms with E-state index in [0.29, 0.717) is 11.0 Å². The van der Waals surface area contributed by atoms with E-state index in [4.69, 9.17) is 5.11 Å². The van der Waals surface area contributed by atoms with Crippen LogP contribution in [0, 0.1) is 12.7 Å². The molecule has 0 aliphatic heterocycles. The third-order valence-corrected chi connectivity index (χ3v) is 3.14. The average Bonchev–Trinajstić information content (AvgIpc) is 2.34. The minimum absolute atomic E-state index is 0.129. The van der Waals surface area contributed by atoms with Gasteiger partial charge in [-0.3, -0.25) is 4.98 Å². The van der Waals surface area contributed by atoms with Crippen LogP contribution in [-0.4, -0.2) is 10.1 Å². The lowest BCUT2D eigenvalue weighted by Crippen LogP contribution is -2.03. The lowest BCUT2D eigenvalue weighted by atomic mass is 10.2. The molecule has 0 amide bonds. The normalized spacial score (nSPS) is 10.4. The second-order valence-corrected chi connectivity index (χ2v) is 4.80. The Morgan fingerprint density at radius 3 is 2.83 bits per heavy atom. The van der Waals surface area contributed by atoms with Gasteiger partial charge in [-0.25, -0.2) is 4.39 Å². The van der Waals surface area contributed by atoms with Crippen LogP contribution in [0.1, 0.15) is 11.3 Å². The summed E-state index contributed by atoms with van der Waals surface area (Å²) < 4.78 is 13.9. The molecule has 1 aromatic carbocycles. The average molecular weight is 311 g/mol. The second-order valence-electron chi connectivity index (χ2n) is 3.94. The summed E-state index contributed by atoms with van der Waals surface area (Å²) in [5.74, 6) is -0.175. The van der Waals surface area contributed by atoms with Gasteiger partial charge in [0.15, 0.2) is 0 Å². The number of hydrogen-bond acceptors (Lipinski definition) is 3. The van der Waals surface area contributed by atoms with Crippen molar-refractivity contribution in [2.75, 3.05) is 5.32 Å². The number of nitrogens with zero attached hydrogens (tertiary/aromatic N) is 1. The van der Waals surface area contributed by atoms with Gasteiger partial charge in [0.25, 0.3) is 0 Å². The van der Waals surface area contributed by atoms with Crippen molar-refractivity contribution in [3.05, 3.63) is 52.0 Å². The van der Waals surface area contributed by atoms with E-state index >= 15 is 0 Å². The smallest absolute Gasteiger partial charge is 0.139 e. The van der Waals surface area contributed by atoms with Gasteiger partial charge in [0.2, 0.25) is 0 Å². The number of rotatable bonds is 3. The van der Waals surface area contributed by atoms with Crippen LogP contribution in [0.2, 0.25) is 0 Å². The summed E-state index contributed by atoms with van der Waals surface area (Å²) in [5.41, 5.74) is 2.45. The molecule has 0 aliphatic carbocycles. The van der Waals surface area contributed by atoms with E-state index in [1.54, 1.807) is 18.2 Å². The zero-order valence-electron chi connectivity index (χ0n) is 9.74. The topological polar surface area (TPSA) is 45.1 Å². The van der Waals surface area contributed by atoms with Crippen molar-refractivity contribution in [2.45, 2.75) is 13.5 Å². The lowest BCUT2D eigenvalue weighted by Gasteiger charge is -2.10. The highest BCUT2D eigenvalue weighted by Crippen LogP contribution is 2.24. The molecule has 1 heterocycles. The molecule has 0 radical (unpaired) electrons. The number of pyridine rings is 1. The van der Waals surface area contributed by atoms with Gasteiger partial charge in [-0.2, -0.15) is 0 Å². The number of benzene rings is 1. The van der Waals surface area contributed by atoms with Crippen molar-refractivity contribution in [1.29, 1.82) is 0 Å². The summed E-state index contributed by atoms with van der Waals surface area (Å²) in [4.78, 5) is 4.05. The fraction of sp³-hybridized carbons (Fsp3) is 0.154. The quantitative estimate of drug-likeness (QED) is 0.910. The van der Waals surface area contributed by atoms with E-state index in [0.717, 1.165) is 16.9 Å². The fourth-order valence-corrected chi connectivity index (χ4v) is 2.00. The summed E-state index contributed by atoms with van der Waals surface area (Å²) in [5, 5.41) is 12.2. The standard InChI is InChI=1S/C13H12BrFN2O/c1-8-4-11(14)12(15)5-13(8)17-6-9-2-3-10(18)7-16-9/h2-5,7,17-18H,6H2,1H3. The molecular formula is C13H12BrFN2O. The minimum Gasteiger partial charge on any atom is -0.506 e. The van der Waals surface area contributed by atoms with Gasteiger partial charge in [-0.1, -0.05) is 0 Å². The van der Waals surface area contributed by atoms with Crippen LogP contribution in [0.5, 0.6) is 5.75 Å². The van der Waals surface area contributed by atoms with Gasteiger partial charge < -0.3 is 10.4 Å². The number of aromatic hydroxyl groups is 1. The van der Waals surface area contributed by atoms with Crippen LogP contribution in [0.3, 0.4) is 0 Å². The molecule has 94 valence electrons. The Bertz CT molecular complexity index is 558. The van der Waals surface area contributed by atoms with Crippen LogP contribution in [-0.2, 0) is 6.54 Å². The summed E-state index contributed by atoms with van der Waals surface area (Å²) in [6, 6.07) is 6.45. The van der Waals surface area contributed by atoms with Crippen LogP contribution < -0.4 is 5.32 Å². The lowest BCUT2D eigenvalue weighted by molar-refractivity contribution is 0.472. The molecule has 0 fully saturated rings. The van der Waals surface area contributed by atoms with Crippen LogP contribution >= 0.6 is 15.9 Å². The first kappa shape index (κ1) is 12.8. The molecule has 2 N–H and O–H groups in total. The maximum atomic E-state index is 13.4. The number of aryl methyl sites for hydroxylation is 1. The summed E-state index contributed by atoms with van der Waals surface area (Å²) >= 11 is 3.14. The first-order valence-electron chi connectivity index (χ1n) is 5.39. The van der Waals surface area contributed by atoms with Gasteiger partial charge in [-0.15, -0.1) is 0 Å². The Balaban J connectivity index is 2.10. The van der Waals surface area contributed by atoms with Crippen LogP contribution in [0.25, 0.3) is 0 Å². The molecule has 0 spiro atoms. The van der Waals surface area contributed by atoms with Crippen molar-refractivity contribution in [3.63, 3.8) is 0 Å². The van der Waals surface area contributed by atoms with Crippen molar-refractivity contribution >= 4 is 21.6 Å². The Hall–Kier alpha value is -1.62. The molecule has 3 nitrogen and oxygen atoms in total. The summed E-state index contributed by atoms with van der Waals surface area (Å²) in [7, 11) is 0. The third kappa shape index (κ3) is 2.98. The highest BCUT2D eigenvalue weighted by molar-refractivity contribution is 9.10. The number of hydrogen-bond donors (Lipinski definition) is 2. The van der Waals surface area contributed by atoms with E-state index in [2.05, 4.69) is 26.2 Å². The molecule has 0 bridgehead atoms. The monoisotopic (exact) mass is 310 g/mol. The van der Waals surface area contributed by atoms with E-state index in [9.17, 15) is 4.39 Å². The predicted molar refractivity (Wildman–Crippen MR) is 72.1 cm³/mol. The van der Waals surface area contributed by atoms with Gasteiger partial charge >= 0.3 is 0 Å². The fourth-order valence-electron chi connectivity index (χ4n) is 1.54. The van der Waals surface area contributed by atoms with Crippen molar-refractivity contribution in [2.24, 2.45) is 0 Å². The Labute approximate surface area is 113 Å². The zero-order chi connectivity index (χ0) is 13.1. The maximum Gasteiger partial charge on any atom is 0.139 e. The number of anilines is 1. The molecule has 1 aromatic heterocycles. The van der Waals surface area contributed by atoms with Crippen LogP contribution in [0.4, 0.5) is 10.1 Å². The maximum absolute atomic E-state index is 13.4. The predicted octanol–water partition coefficient (Wildman–Crippen LogP) is 3.61. The number of nitrogens with one attached hydrogen (secondary N) is 1. The van der Waals surface area contributed by atoms with Crippen molar-refractivity contribution in [3.8, 4) is 5.75 Å². The SMILES string of the molecule is Cc1cc(Br)c(F)cc1NCc1ccc(O)cn1. The minimum atomic E-state index is -0.304. The van der Waals surface area contributed by atoms with Crippen LogP contribution in [0.15, 0.2) is 34.9 Å². The van der Waals surface area contributed by atoms with Gasteiger partial charge in [0, 0.05) is 5.69 Å². The van der Waals surface area contributed by atoms with E-state index < -0.39 is 0 Å².